The van der Waals surface area contributed by atoms with Gasteiger partial charge in [0.15, 0.2) is 0 Å². The summed E-state index contributed by atoms with van der Waals surface area (Å²) in [6.07, 6.45) is 0.135. The Morgan fingerprint density at radius 1 is 1.55 bits per heavy atom. The van der Waals surface area contributed by atoms with E-state index in [9.17, 15) is 9.18 Å². The van der Waals surface area contributed by atoms with Gasteiger partial charge in [0.25, 0.3) is 0 Å². The maximum atomic E-state index is 13.7. The lowest BCUT2D eigenvalue weighted by molar-refractivity contribution is -0.0719. The number of amides is 1. The minimum Gasteiger partial charge on any atom is -0.374 e. The van der Waals surface area contributed by atoms with E-state index in [0.717, 1.165) is 19.2 Å². The Balaban J connectivity index is 1.83. The number of primary amides is 1. The van der Waals surface area contributed by atoms with Gasteiger partial charge in [-0.2, -0.15) is 0 Å². The van der Waals surface area contributed by atoms with Gasteiger partial charge in [-0.25, -0.2) is 4.39 Å². The molecule has 0 radical (unpaired) electrons. The van der Waals surface area contributed by atoms with Crippen molar-refractivity contribution in [1.29, 1.82) is 0 Å². The zero-order valence-electron chi connectivity index (χ0n) is 11.4. The predicted octanol–water partition coefficient (Wildman–Crippen LogP) is 0.818. The molecule has 3 N–H and O–H groups in total. The zero-order chi connectivity index (χ0) is 14.5. The molecule has 5 nitrogen and oxygen atoms in total. The van der Waals surface area contributed by atoms with E-state index in [4.69, 9.17) is 15.2 Å². The van der Waals surface area contributed by atoms with Crippen LogP contribution in [0.3, 0.4) is 0 Å². The molecule has 0 aliphatic carbocycles. The smallest absolute Gasteiger partial charge is 0.248 e. The molecule has 1 aliphatic rings. The quantitative estimate of drug-likeness (QED) is 0.838. The van der Waals surface area contributed by atoms with Gasteiger partial charge < -0.3 is 20.5 Å². The third-order valence-corrected chi connectivity index (χ3v) is 3.13. The van der Waals surface area contributed by atoms with Crippen molar-refractivity contribution in [3.63, 3.8) is 0 Å². The minimum atomic E-state index is -0.646. The molecule has 1 saturated heterocycles. The van der Waals surface area contributed by atoms with Crippen molar-refractivity contribution >= 4 is 5.91 Å². The van der Waals surface area contributed by atoms with E-state index >= 15 is 0 Å². The topological polar surface area (TPSA) is 73.6 Å². The number of rotatable bonds is 5. The Hall–Kier alpha value is -1.50. The van der Waals surface area contributed by atoms with Crippen LogP contribution in [-0.4, -0.2) is 37.8 Å². The molecule has 20 heavy (non-hydrogen) atoms. The standard InChI is InChI=1S/C14H19FN2O3/c1-9-5-17-6-12(20-9)8-19-7-11-3-2-10(14(16)18)4-13(11)15/h2-4,9,12,17H,5-8H2,1H3,(H2,16,18). The fraction of sp³-hybridized carbons (Fsp3) is 0.500. The summed E-state index contributed by atoms with van der Waals surface area (Å²) in [5, 5.41) is 3.23. The van der Waals surface area contributed by atoms with Crippen LogP contribution in [0.15, 0.2) is 18.2 Å². The van der Waals surface area contributed by atoms with Crippen LogP contribution >= 0.6 is 0 Å². The van der Waals surface area contributed by atoms with Crippen LogP contribution in [0.5, 0.6) is 0 Å². The largest absolute Gasteiger partial charge is 0.374 e. The summed E-state index contributed by atoms with van der Waals surface area (Å²) >= 11 is 0. The van der Waals surface area contributed by atoms with E-state index < -0.39 is 11.7 Å². The van der Waals surface area contributed by atoms with E-state index in [0.29, 0.717) is 12.2 Å². The second kappa shape index (κ2) is 6.78. The molecular formula is C14H19FN2O3. The molecule has 0 spiro atoms. The Kier molecular flexibility index (Phi) is 5.05. The molecule has 0 saturated carbocycles. The second-order valence-corrected chi connectivity index (χ2v) is 4.91. The number of nitrogens with two attached hydrogens (primary N) is 1. The number of hydrogen-bond acceptors (Lipinski definition) is 4. The highest BCUT2D eigenvalue weighted by Gasteiger charge is 2.18. The van der Waals surface area contributed by atoms with Crippen LogP contribution in [-0.2, 0) is 16.1 Å². The summed E-state index contributed by atoms with van der Waals surface area (Å²) in [4.78, 5) is 10.9. The van der Waals surface area contributed by atoms with Crippen molar-refractivity contribution in [3.8, 4) is 0 Å². The van der Waals surface area contributed by atoms with Crippen molar-refractivity contribution in [1.82, 2.24) is 5.32 Å². The molecule has 1 fully saturated rings. The van der Waals surface area contributed by atoms with Gasteiger partial charge in [0, 0.05) is 24.2 Å². The fourth-order valence-electron chi connectivity index (χ4n) is 2.09. The van der Waals surface area contributed by atoms with Gasteiger partial charge in [-0.15, -0.1) is 0 Å². The Morgan fingerprint density at radius 2 is 2.35 bits per heavy atom. The lowest BCUT2D eigenvalue weighted by Crippen LogP contribution is -2.45. The number of morpholine rings is 1. The molecule has 110 valence electrons. The summed E-state index contributed by atoms with van der Waals surface area (Å²) in [6.45, 7) is 4.09. The van der Waals surface area contributed by atoms with E-state index in [-0.39, 0.29) is 24.4 Å². The van der Waals surface area contributed by atoms with Crippen LogP contribution in [0, 0.1) is 5.82 Å². The van der Waals surface area contributed by atoms with E-state index in [1.165, 1.54) is 12.1 Å². The zero-order valence-corrected chi connectivity index (χ0v) is 11.4. The lowest BCUT2D eigenvalue weighted by Gasteiger charge is -2.28. The van der Waals surface area contributed by atoms with Gasteiger partial charge in [0.2, 0.25) is 5.91 Å². The molecule has 2 unspecified atom stereocenters. The highest BCUT2D eigenvalue weighted by atomic mass is 19.1. The Morgan fingerprint density at radius 3 is 3.00 bits per heavy atom. The summed E-state index contributed by atoms with van der Waals surface area (Å²) in [5.74, 6) is -1.13. The minimum absolute atomic E-state index is 0.0216. The Bertz CT molecular complexity index is 481. The van der Waals surface area contributed by atoms with E-state index in [1.807, 2.05) is 6.92 Å². The van der Waals surface area contributed by atoms with Crippen LogP contribution < -0.4 is 11.1 Å². The third-order valence-electron chi connectivity index (χ3n) is 3.13. The lowest BCUT2D eigenvalue weighted by atomic mass is 10.1. The average Bonchev–Trinajstić information content (AvgIpc) is 2.40. The first kappa shape index (κ1) is 14.9. The molecule has 1 aromatic rings. The summed E-state index contributed by atoms with van der Waals surface area (Å²) < 4.78 is 24.8. The number of halogens is 1. The maximum Gasteiger partial charge on any atom is 0.248 e. The molecule has 0 bridgehead atoms. The first-order valence-electron chi connectivity index (χ1n) is 6.58. The van der Waals surface area contributed by atoms with Crippen LogP contribution in [0.1, 0.15) is 22.8 Å². The predicted molar refractivity (Wildman–Crippen MR) is 71.8 cm³/mol. The third kappa shape index (κ3) is 4.00. The number of carbonyl (C=O) groups is 1. The number of hydrogen-bond donors (Lipinski definition) is 2. The van der Waals surface area contributed by atoms with Crippen LogP contribution in [0.25, 0.3) is 0 Å². The van der Waals surface area contributed by atoms with Crippen LogP contribution in [0.2, 0.25) is 0 Å². The normalized spacial score (nSPS) is 22.7. The number of ether oxygens (including phenoxy) is 2. The first-order chi connectivity index (χ1) is 9.56. The molecule has 1 heterocycles. The van der Waals surface area contributed by atoms with Crippen molar-refractivity contribution in [2.45, 2.75) is 25.7 Å². The Labute approximate surface area is 117 Å². The molecular weight excluding hydrogens is 263 g/mol. The molecule has 0 aromatic heterocycles. The molecule has 1 aromatic carbocycles. The van der Waals surface area contributed by atoms with Crippen molar-refractivity contribution in [3.05, 3.63) is 35.1 Å². The second-order valence-electron chi connectivity index (χ2n) is 4.91. The van der Waals surface area contributed by atoms with Gasteiger partial charge in [-0.1, -0.05) is 6.07 Å². The summed E-state index contributed by atoms with van der Waals surface area (Å²) in [6, 6.07) is 4.13. The van der Waals surface area contributed by atoms with Gasteiger partial charge in [-0.05, 0) is 19.1 Å². The number of carbonyl (C=O) groups excluding carboxylic acids is 1. The highest BCUT2D eigenvalue weighted by Crippen LogP contribution is 2.12. The molecule has 1 amide bonds. The molecule has 2 rings (SSSR count). The first-order valence-corrected chi connectivity index (χ1v) is 6.58. The van der Waals surface area contributed by atoms with Crippen LogP contribution in [0.4, 0.5) is 4.39 Å². The maximum absolute atomic E-state index is 13.7. The van der Waals surface area contributed by atoms with Crippen molar-refractivity contribution in [2.75, 3.05) is 19.7 Å². The number of benzene rings is 1. The van der Waals surface area contributed by atoms with Gasteiger partial charge in [-0.3, -0.25) is 4.79 Å². The molecule has 2 atom stereocenters. The van der Waals surface area contributed by atoms with Crippen molar-refractivity contribution in [2.24, 2.45) is 5.73 Å². The summed E-state index contributed by atoms with van der Waals surface area (Å²) in [7, 11) is 0. The van der Waals surface area contributed by atoms with E-state index in [1.54, 1.807) is 0 Å². The SMILES string of the molecule is CC1CNCC(COCc2ccc(C(N)=O)cc2F)O1. The highest BCUT2D eigenvalue weighted by molar-refractivity contribution is 5.92. The molecule has 6 heteroatoms. The van der Waals surface area contributed by atoms with Gasteiger partial charge in [0.05, 0.1) is 25.4 Å². The van der Waals surface area contributed by atoms with Gasteiger partial charge in [0.1, 0.15) is 5.82 Å². The van der Waals surface area contributed by atoms with Crippen molar-refractivity contribution < 1.29 is 18.7 Å². The molecule has 1 aliphatic heterocycles. The number of nitrogens with one attached hydrogen (secondary N) is 1. The average molecular weight is 282 g/mol. The van der Waals surface area contributed by atoms with E-state index in [2.05, 4.69) is 5.32 Å². The van der Waals surface area contributed by atoms with Gasteiger partial charge >= 0.3 is 0 Å². The monoisotopic (exact) mass is 282 g/mol. The summed E-state index contributed by atoms with van der Waals surface area (Å²) in [5.41, 5.74) is 5.63. The fourth-order valence-corrected chi connectivity index (χ4v) is 2.09.